The zero-order chi connectivity index (χ0) is 20.4. The van der Waals surface area contributed by atoms with E-state index in [4.69, 9.17) is 16.3 Å². The van der Waals surface area contributed by atoms with Crippen molar-refractivity contribution in [1.82, 2.24) is 9.80 Å². The number of rotatable bonds is 4. The number of amides is 4. The number of barbiturate groups is 1. The first-order chi connectivity index (χ1) is 13.3. The molecule has 1 fully saturated rings. The number of carbonyl (C=O) groups excluding carboxylic acids is 3. The quantitative estimate of drug-likeness (QED) is 0.580. The molecule has 144 valence electrons. The Morgan fingerprint density at radius 3 is 2.32 bits per heavy atom. The molecular formula is C20H16ClFN2O4. The van der Waals surface area contributed by atoms with Crippen LogP contribution in [-0.2, 0) is 16.2 Å². The van der Waals surface area contributed by atoms with Gasteiger partial charge in [0.1, 0.15) is 23.7 Å². The number of ether oxygens (including phenoxy) is 1. The maximum atomic E-state index is 13.8. The molecule has 0 aromatic heterocycles. The van der Waals surface area contributed by atoms with Crippen LogP contribution in [0.2, 0.25) is 5.02 Å². The first-order valence-electron chi connectivity index (χ1n) is 8.27. The number of carbonyl (C=O) groups is 3. The molecule has 3 rings (SSSR count). The number of hydrogen-bond acceptors (Lipinski definition) is 4. The molecule has 1 saturated heterocycles. The molecule has 0 unspecified atom stereocenters. The van der Waals surface area contributed by atoms with Crippen molar-refractivity contribution in [3.63, 3.8) is 0 Å². The van der Waals surface area contributed by atoms with Crippen LogP contribution in [0.1, 0.15) is 11.1 Å². The van der Waals surface area contributed by atoms with Crippen LogP contribution in [0.25, 0.3) is 6.08 Å². The molecule has 0 aliphatic carbocycles. The molecule has 0 N–H and O–H groups in total. The number of hydrogen-bond donors (Lipinski definition) is 0. The Labute approximate surface area is 165 Å². The van der Waals surface area contributed by atoms with Crippen molar-refractivity contribution in [2.24, 2.45) is 0 Å². The number of benzene rings is 2. The van der Waals surface area contributed by atoms with Gasteiger partial charge >= 0.3 is 6.03 Å². The van der Waals surface area contributed by atoms with Crippen molar-refractivity contribution in [3.05, 3.63) is 70.0 Å². The summed E-state index contributed by atoms with van der Waals surface area (Å²) in [4.78, 5) is 38.1. The third-order valence-corrected chi connectivity index (χ3v) is 4.61. The van der Waals surface area contributed by atoms with E-state index in [2.05, 4.69) is 0 Å². The predicted octanol–water partition coefficient (Wildman–Crippen LogP) is 3.49. The number of likely N-dealkylation sites (N-methyl/N-ethyl adjacent to an activating group) is 2. The molecule has 1 heterocycles. The number of urea groups is 1. The highest BCUT2D eigenvalue weighted by atomic mass is 35.5. The standard InChI is InChI=1S/C20H16ClFN2O4/c1-23-18(25)14(19(26)24(2)20(23)27)10-12-5-3-6-13(9-12)28-11-15-16(21)7-4-8-17(15)22/h3-10H,11H2,1-2H3. The molecule has 0 atom stereocenters. The maximum Gasteiger partial charge on any atom is 0.333 e. The number of nitrogens with zero attached hydrogens (tertiary/aromatic N) is 2. The van der Waals surface area contributed by atoms with Crippen LogP contribution < -0.4 is 4.74 Å². The highest BCUT2D eigenvalue weighted by Crippen LogP contribution is 2.24. The van der Waals surface area contributed by atoms with Crippen LogP contribution in [0.4, 0.5) is 9.18 Å². The van der Waals surface area contributed by atoms with Crippen LogP contribution in [0.15, 0.2) is 48.0 Å². The molecule has 2 aromatic rings. The number of imide groups is 2. The molecule has 8 heteroatoms. The van der Waals surface area contributed by atoms with Crippen LogP contribution in [-0.4, -0.2) is 41.7 Å². The fourth-order valence-electron chi connectivity index (χ4n) is 2.66. The van der Waals surface area contributed by atoms with Crippen molar-refractivity contribution >= 4 is 35.5 Å². The lowest BCUT2D eigenvalue weighted by molar-refractivity contribution is -0.134. The van der Waals surface area contributed by atoms with Gasteiger partial charge in [-0.05, 0) is 35.9 Å². The van der Waals surface area contributed by atoms with E-state index >= 15 is 0 Å². The van der Waals surface area contributed by atoms with Crippen LogP contribution in [0.5, 0.6) is 5.75 Å². The summed E-state index contributed by atoms with van der Waals surface area (Å²) in [5, 5.41) is 0.257. The average Bonchev–Trinajstić information content (AvgIpc) is 2.68. The van der Waals surface area contributed by atoms with Gasteiger partial charge in [0.2, 0.25) is 0 Å². The second kappa shape index (κ2) is 7.82. The minimum atomic E-state index is -0.689. The van der Waals surface area contributed by atoms with Gasteiger partial charge in [-0.25, -0.2) is 9.18 Å². The van der Waals surface area contributed by atoms with E-state index in [1.54, 1.807) is 30.3 Å². The highest BCUT2D eigenvalue weighted by molar-refractivity contribution is 6.31. The Bertz CT molecular complexity index is 959. The topological polar surface area (TPSA) is 66.9 Å². The lowest BCUT2D eigenvalue weighted by Crippen LogP contribution is -2.52. The van der Waals surface area contributed by atoms with Crippen LogP contribution in [0.3, 0.4) is 0 Å². The second-order valence-corrected chi connectivity index (χ2v) is 6.54. The summed E-state index contributed by atoms with van der Waals surface area (Å²) in [5.74, 6) is -1.43. The third-order valence-electron chi connectivity index (χ3n) is 4.26. The van der Waals surface area contributed by atoms with Gasteiger partial charge in [0.25, 0.3) is 11.8 Å². The fraction of sp³-hybridized carbons (Fsp3) is 0.150. The molecule has 6 nitrogen and oxygen atoms in total. The Morgan fingerprint density at radius 2 is 1.68 bits per heavy atom. The highest BCUT2D eigenvalue weighted by Gasteiger charge is 2.37. The van der Waals surface area contributed by atoms with Crippen molar-refractivity contribution < 1.29 is 23.5 Å². The normalized spacial score (nSPS) is 14.6. The predicted molar refractivity (Wildman–Crippen MR) is 101 cm³/mol. The van der Waals surface area contributed by atoms with Crippen LogP contribution >= 0.6 is 11.6 Å². The van der Waals surface area contributed by atoms with Gasteiger partial charge < -0.3 is 4.74 Å². The van der Waals surface area contributed by atoms with Crippen molar-refractivity contribution in [2.45, 2.75) is 6.61 Å². The average molecular weight is 403 g/mol. The lowest BCUT2D eigenvalue weighted by atomic mass is 10.1. The van der Waals surface area contributed by atoms with Crippen LogP contribution in [0, 0.1) is 5.82 Å². The van der Waals surface area contributed by atoms with Gasteiger partial charge in [0, 0.05) is 19.7 Å². The van der Waals surface area contributed by atoms with Crippen molar-refractivity contribution in [3.8, 4) is 5.75 Å². The van der Waals surface area contributed by atoms with Gasteiger partial charge in [-0.3, -0.25) is 19.4 Å². The SMILES string of the molecule is CN1C(=O)C(=Cc2cccc(OCc3c(F)cccc3Cl)c2)C(=O)N(C)C1=O. The summed E-state index contributed by atoms with van der Waals surface area (Å²) < 4.78 is 19.4. The Balaban J connectivity index is 1.83. The molecule has 0 bridgehead atoms. The van der Waals surface area contributed by atoms with Gasteiger partial charge in [-0.2, -0.15) is 0 Å². The molecular weight excluding hydrogens is 387 g/mol. The van der Waals surface area contributed by atoms with E-state index in [1.165, 1.54) is 32.3 Å². The van der Waals surface area contributed by atoms with Crippen molar-refractivity contribution in [1.29, 1.82) is 0 Å². The third kappa shape index (κ3) is 3.75. The number of halogens is 2. The summed E-state index contributed by atoms with van der Waals surface area (Å²) >= 11 is 5.99. The molecule has 0 radical (unpaired) electrons. The molecule has 2 aromatic carbocycles. The van der Waals surface area contributed by atoms with E-state index in [9.17, 15) is 18.8 Å². The zero-order valence-corrected chi connectivity index (χ0v) is 15.9. The van der Waals surface area contributed by atoms with Gasteiger partial charge in [0.05, 0.1) is 5.02 Å². The first kappa shape index (κ1) is 19.6. The van der Waals surface area contributed by atoms with Crippen molar-refractivity contribution in [2.75, 3.05) is 14.1 Å². The molecule has 1 aliphatic heterocycles. The summed E-state index contributed by atoms with van der Waals surface area (Å²) in [5.41, 5.74) is 0.608. The van der Waals surface area contributed by atoms with E-state index < -0.39 is 23.7 Å². The largest absolute Gasteiger partial charge is 0.489 e. The van der Waals surface area contributed by atoms with E-state index in [-0.39, 0.29) is 22.8 Å². The summed E-state index contributed by atoms with van der Waals surface area (Å²) in [6.45, 7) is -0.0800. The summed E-state index contributed by atoms with van der Waals surface area (Å²) in [6.07, 6.45) is 1.38. The van der Waals surface area contributed by atoms with E-state index in [0.717, 1.165) is 9.80 Å². The smallest absolute Gasteiger partial charge is 0.333 e. The fourth-order valence-corrected chi connectivity index (χ4v) is 2.88. The minimum Gasteiger partial charge on any atom is -0.489 e. The first-order valence-corrected chi connectivity index (χ1v) is 8.65. The summed E-state index contributed by atoms with van der Waals surface area (Å²) in [7, 11) is 2.61. The zero-order valence-electron chi connectivity index (χ0n) is 15.1. The second-order valence-electron chi connectivity index (χ2n) is 6.13. The van der Waals surface area contributed by atoms with Gasteiger partial charge in [0.15, 0.2) is 0 Å². The molecule has 28 heavy (non-hydrogen) atoms. The van der Waals surface area contributed by atoms with E-state index in [0.29, 0.717) is 11.3 Å². The molecule has 4 amide bonds. The molecule has 1 aliphatic rings. The Hall–Kier alpha value is -3.19. The molecule has 0 saturated carbocycles. The van der Waals surface area contributed by atoms with E-state index in [1.807, 2.05) is 0 Å². The Morgan fingerprint density at radius 1 is 1.04 bits per heavy atom. The monoisotopic (exact) mass is 402 g/mol. The Kier molecular flexibility index (Phi) is 5.46. The lowest BCUT2D eigenvalue weighted by Gasteiger charge is -2.28. The maximum absolute atomic E-state index is 13.8. The van der Waals surface area contributed by atoms with Gasteiger partial charge in [-0.15, -0.1) is 0 Å². The summed E-state index contributed by atoms with van der Waals surface area (Å²) in [6, 6.07) is 10.3. The van der Waals surface area contributed by atoms with Gasteiger partial charge in [-0.1, -0.05) is 29.8 Å². The minimum absolute atomic E-state index is 0.0800. The molecule has 0 spiro atoms.